The van der Waals surface area contributed by atoms with Gasteiger partial charge in [-0.25, -0.2) is 9.78 Å². The summed E-state index contributed by atoms with van der Waals surface area (Å²) >= 11 is 0. The Balaban J connectivity index is 1.54. The lowest BCUT2D eigenvalue weighted by atomic mass is 10.2. The van der Waals surface area contributed by atoms with Crippen LogP contribution in [-0.4, -0.2) is 43.2 Å². The number of carbonyl (C=O) groups is 1. The van der Waals surface area contributed by atoms with E-state index in [0.29, 0.717) is 5.69 Å². The molecular weight excluding hydrogens is 314 g/mol. The number of para-hydroxylation sites is 1. The van der Waals surface area contributed by atoms with Gasteiger partial charge in [0.15, 0.2) is 0 Å². The molecule has 0 aliphatic carbocycles. The number of anilines is 3. The zero-order valence-corrected chi connectivity index (χ0v) is 14.8. The Morgan fingerprint density at radius 2 is 1.68 bits per heavy atom. The first kappa shape index (κ1) is 17.1. The number of benzene rings is 1. The van der Waals surface area contributed by atoms with Gasteiger partial charge in [0.1, 0.15) is 5.82 Å². The summed E-state index contributed by atoms with van der Waals surface area (Å²) in [5, 5.41) is 5.59. The van der Waals surface area contributed by atoms with Gasteiger partial charge in [0.05, 0.1) is 11.9 Å². The predicted octanol–water partition coefficient (Wildman–Crippen LogP) is 2.94. The number of urea groups is 1. The van der Waals surface area contributed by atoms with Crippen molar-refractivity contribution in [2.45, 2.75) is 19.9 Å². The summed E-state index contributed by atoms with van der Waals surface area (Å²) in [6.07, 6.45) is 1.71. The molecule has 0 radical (unpaired) electrons. The molecule has 0 saturated carbocycles. The van der Waals surface area contributed by atoms with Crippen molar-refractivity contribution in [1.29, 1.82) is 0 Å². The van der Waals surface area contributed by atoms with Gasteiger partial charge in [-0.05, 0) is 38.1 Å². The molecule has 0 spiro atoms. The maximum atomic E-state index is 11.7. The largest absolute Gasteiger partial charge is 0.368 e. The molecule has 2 heterocycles. The van der Waals surface area contributed by atoms with Crippen LogP contribution in [0.3, 0.4) is 0 Å². The lowest BCUT2D eigenvalue weighted by Gasteiger charge is -2.36. The smallest absolute Gasteiger partial charge is 0.319 e. The topological polar surface area (TPSA) is 60.5 Å². The Kier molecular flexibility index (Phi) is 5.38. The van der Waals surface area contributed by atoms with E-state index in [0.717, 1.165) is 32.0 Å². The van der Waals surface area contributed by atoms with E-state index in [1.54, 1.807) is 6.20 Å². The number of piperazine rings is 1. The van der Waals surface area contributed by atoms with Crippen LogP contribution < -0.4 is 20.4 Å². The van der Waals surface area contributed by atoms with Gasteiger partial charge in [0.25, 0.3) is 0 Å². The van der Waals surface area contributed by atoms with E-state index in [2.05, 4.69) is 49.7 Å². The van der Waals surface area contributed by atoms with Crippen LogP contribution in [-0.2, 0) is 0 Å². The fourth-order valence-electron chi connectivity index (χ4n) is 2.91. The van der Waals surface area contributed by atoms with Crippen molar-refractivity contribution < 1.29 is 4.79 Å². The van der Waals surface area contributed by atoms with Crippen molar-refractivity contribution >= 4 is 23.2 Å². The number of pyridine rings is 1. The van der Waals surface area contributed by atoms with E-state index in [4.69, 9.17) is 0 Å². The number of carbonyl (C=O) groups excluding carboxylic acids is 1. The summed E-state index contributed by atoms with van der Waals surface area (Å²) in [6, 6.07) is 14.2. The first-order chi connectivity index (χ1) is 12.1. The highest BCUT2D eigenvalue weighted by Gasteiger charge is 2.18. The highest BCUT2D eigenvalue weighted by atomic mass is 16.2. The van der Waals surface area contributed by atoms with Gasteiger partial charge in [-0.3, -0.25) is 0 Å². The Labute approximate surface area is 148 Å². The average molecular weight is 339 g/mol. The van der Waals surface area contributed by atoms with Crippen molar-refractivity contribution in [3.05, 3.63) is 48.7 Å². The molecule has 6 nitrogen and oxygen atoms in total. The quantitative estimate of drug-likeness (QED) is 0.899. The van der Waals surface area contributed by atoms with Crippen LogP contribution in [0.2, 0.25) is 0 Å². The number of rotatable bonds is 4. The number of hydrogen-bond acceptors (Lipinski definition) is 4. The highest BCUT2D eigenvalue weighted by molar-refractivity contribution is 5.89. The third kappa shape index (κ3) is 4.62. The Morgan fingerprint density at radius 3 is 2.28 bits per heavy atom. The molecule has 0 unspecified atom stereocenters. The first-order valence-electron chi connectivity index (χ1n) is 8.70. The maximum Gasteiger partial charge on any atom is 0.319 e. The van der Waals surface area contributed by atoms with E-state index < -0.39 is 0 Å². The summed E-state index contributed by atoms with van der Waals surface area (Å²) in [7, 11) is 0. The highest BCUT2D eigenvalue weighted by Crippen LogP contribution is 2.19. The molecule has 0 atom stereocenters. The number of aromatic nitrogens is 1. The van der Waals surface area contributed by atoms with Crippen LogP contribution in [0.5, 0.6) is 0 Å². The molecule has 3 rings (SSSR count). The van der Waals surface area contributed by atoms with Crippen LogP contribution in [0.15, 0.2) is 48.7 Å². The van der Waals surface area contributed by atoms with Crippen molar-refractivity contribution in [3.8, 4) is 0 Å². The second-order valence-electron chi connectivity index (χ2n) is 6.47. The summed E-state index contributed by atoms with van der Waals surface area (Å²) in [6.45, 7) is 7.67. The minimum Gasteiger partial charge on any atom is -0.368 e. The molecule has 1 aromatic carbocycles. The number of amides is 2. The van der Waals surface area contributed by atoms with Gasteiger partial charge >= 0.3 is 6.03 Å². The molecule has 2 aromatic rings. The molecule has 6 heteroatoms. The van der Waals surface area contributed by atoms with Crippen molar-refractivity contribution in [2.75, 3.05) is 41.3 Å². The Bertz CT molecular complexity index is 679. The minimum absolute atomic E-state index is 0.105. The number of nitrogens with zero attached hydrogens (tertiary/aromatic N) is 3. The maximum absolute atomic E-state index is 11.7. The predicted molar refractivity (Wildman–Crippen MR) is 102 cm³/mol. The summed E-state index contributed by atoms with van der Waals surface area (Å²) < 4.78 is 0. The van der Waals surface area contributed by atoms with E-state index >= 15 is 0 Å². The van der Waals surface area contributed by atoms with E-state index in [-0.39, 0.29) is 12.1 Å². The van der Waals surface area contributed by atoms with Gasteiger partial charge < -0.3 is 20.4 Å². The third-order valence-electron chi connectivity index (χ3n) is 4.15. The van der Waals surface area contributed by atoms with E-state index in [9.17, 15) is 4.79 Å². The van der Waals surface area contributed by atoms with Crippen LogP contribution >= 0.6 is 0 Å². The van der Waals surface area contributed by atoms with Crippen LogP contribution in [0.25, 0.3) is 0 Å². The Hall–Kier alpha value is -2.76. The molecule has 2 amide bonds. The molecular formula is C19H25N5O. The van der Waals surface area contributed by atoms with Crippen LogP contribution in [0.1, 0.15) is 13.8 Å². The van der Waals surface area contributed by atoms with Gasteiger partial charge in [-0.1, -0.05) is 18.2 Å². The molecule has 1 saturated heterocycles. The SMILES string of the molecule is CC(C)NC(=O)Nc1ccc(N2CCN(c3ccccc3)CC2)nc1. The second kappa shape index (κ2) is 7.88. The second-order valence-corrected chi connectivity index (χ2v) is 6.47. The minimum atomic E-state index is -0.207. The lowest BCUT2D eigenvalue weighted by molar-refractivity contribution is 0.250. The summed E-state index contributed by atoms with van der Waals surface area (Å²) in [5.74, 6) is 0.947. The number of nitrogens with one attached hydrogen (secondary N) is 2. The van der Waals surface area contributed by atoms with Gasteiger partial charge in [0.2, 0.25) is 0 Å². The fraction of sp³-hybridized carbons (Fsp3) is 0.368. The van der Waals surface area contributed by atoms with Crippen LogP contribution in [0, 0.1) is 0 Å². The average Bonchev–Trinajstić information content (AvgIpc) is 2.62. The molecule has 0 bridgehead atoms. The van der Waals surface area contributed by atoms with Gasteiger partial charge in [-0.2, -0.15) is 0 Å². The normalized spacial score (nSPS) is 14.5. The summed E-state index contributed by atoms with van der Waals surface area (Å²) in [5.41, 5.74) is 1.97. The van der Waals surface area contributed by atoms with Crippen molar-refractivity contribution in [3.63, 3.8) is 0 Å². The van der Waals surface area contributed by atoms with E-state index in [1.165, 1.54) is 5.69 Å². The van der Waals surface area contributed by atoms with Crippen LogP contribution in [0.4, 0.5) is 22.0 Å². The zero-order valence-electron chi connectivity index (χ0n) is 14.8. The van der Waals surface area contributed by atoms with Crippen molar-refractivity contribution in [2.24, 2.45) is 0 Å². The monoisotopic (exact) mass is 339 g/mol. The van der Waals surface area contributed by atoms with E-state index in [1.807, 2.05) is 32.0 Å². The summed E-state index contributed by atoms with van der Waals surface area (Å²) in [4.78, 5) is 20.9. The standard InChI is InChI=1S/C19H25N5O/c1-15(2)21-19(25)22-16-8-9-18(20-14-16)24-12-10-23(11-13-24)17-6-4-3-5-7-17/h3-9,14-15H,10-13H2,1-2H3,(H2,21,22,25). The fourth-order valence-corrected chi connectivity index (χ4v) is 2.91. The third-order valence-corrected chi connectivity index (χ3v) is 4.15. The molecule has 1 fully saturated rings. The zero-order chi connectivity index (χ0) is 17.6. The van der Waals surface area contributed by atoms with Gasteiger partial charge in [-0.15, -0.1) is 0 Å². The first-order valence-corrected chi connectivity index (χ1v) is 8.70. The molecule has 2 N–H and O–H groups in total. The lowest BCUT2D eigenvalue weighted by Crippen LogP contribution is -2.46. The molecule has 1 aliphatic heterocycles. The molecule has 1 aromatic heterocycles. The van der Waals surface area contributed by atoms with Crippen molar-refractivity contribution in [1.82, 2.24) is 10.3 Å². The van der Waals surface area contributed by atoms with Gasteiger partial charge in [0, 0.05) is 37.9 Å². The number of hydrogen-bond donors (Lipinski definition) is 2. The molecule has 132 valence electrons. The molecule has 1 aliphatic rings. The Morgan fingerprint density at radius 1 is 1.00 bits per heavy atom. The molecule has 25 heavy (non-hydrogen) atoms.